The molecule has 3 amide bonds. The van der Waals surface area contributed by atoms with Crippen molar-refractivity contribution >= 4 is 23.5 Å². The normalized spacial score (nSPS) is 23.2. The molecule has 4 rings (SSSR count). The molecule has 2 saturated heterocycles. The molecule has 2 aromatic carbocycles. The van der Waals surface area contributed by atoms with Crippen LogP contribution in [0.4, 0.5) is 0 Å². The van der Waals surface area contributed by atoms with E-state index in [0.29, 0.717) is 13.1 Å². The van der Waals surface area contributed by atoms with Crippen LogP contribution in [0.2, 0.25) is 0 Å². The lowest BCUT2D eigenvalue weighted by Gasteiger charge is -2.35. The highest BCUT2D eigenvalue weighted by molar-refractivity contribution is 6.10. The van der Waals surface area contributed by atoms with Crippen molar-refractivity contribution < 1.29 is 19.2 Å². The summed E-state index contributed by atoms with van der Waals surface area (Å²) in [6.07, 6.45) is 1.45. The van der Waals surface area contributed by atoms with E-state index in [0.717, 1.165) is 29.5 Å². The number of carbonyl (C=O) groups is 4. The van der Waals surface area contributed by atoms with Gasteiger partial charge in [0, 0.05) is 31.8 Å². The summed E-state index contributed by atoms with van der Waals surface area (Å²) < 4.78 is 0. The van der Waals surface area contributed by atoms with Crippen molar-refractivity contribution in [1.82, 2.24) is 9.80 Å². The minimum atomic E-state index is -1.22. The predicted molar refractivity (Wildman–Crippen MR) is 124 cm³/mol. The predicted octanol–water partition coefficient (Wildman–Crippen LogP) is 3.41. The van der Waals surface area contributed by atoms with Gasteiger partial charge in [0.05, 0.1) is 12.0 Å². The van der Waals surface area contributed by atoms with Crippen molar-refractivity contribution in [2.24, 2.45) is 5.92 Å². The fourth-order valence-electron chi connectivity index (χ4n) is 5.19. The van der Waals surface area contributed by atoms with Crippen LogP contribution in [0.1, 0.15) is 49.3 Å². The smallest absolute Gasteiger partial charge is 0.241 e. The van der Waals surface area contributed by atoms with Gasteiger partial charge in [0.15, 0.2) is 0 Å². The van der Waals surface area contributed by atoms with Crippen molar-refractivity contribution in [3.05, 3.63) is 71.3 Å². The third-order valence-electron chi connectivity index (χ3n) is 7.05. The van der Waals surface area contributed by atoms with Crippen LogP contribution >= 0.6 is 0 Å². The number of ketones is 1. The molecule has 2 aliphatic rings. The molecule has 0 aliphatic carbocycles. The molecule has 2 atom stereocenters. The molecular weight excluding hydrogens is 416 g/mol. The van der Waals surface area contributed by atoms with Gasteiger partial charge in [0.2, 0.25) is 17.7 Å². The zero-order chi connectivity index (χ0) is 23.6. The molecule has 33 heavy (non-hydrogen) atoms. The van der Waals surface area contributed by atoms with Gasteiger partial charge in [0.1, 0.15) is 5.78 Å². The number of piperidine rings is 1. The Balaban J connectivity index is 1.66. The van der Waals surface area contributed by atoms with Crippen LogP contribution in [-0.4, -0.2) is 46.4 Å². The Hall–Kier alpha value is -3.28. The van der Waals surface area contributed by atoms with Crippen molar-refractivity contribution in [3.8, 4) is 0 Å². The van der Waals surface area contributed by atoms with Crippen LogP contribution in [0.25, 0.3) is 0 Å². The second-order valence-electron chi connectivity index (χ2n) is 9.31. The van der Waals surface area contributed by atoms with Crippen molar-refractivity contribution in [1.29, 1.82) is 0 Å². The summed E-state index contributed by atoms with van der Waals surface area (Å²) in [7, 11) is 0. The molecule has 6 heteroatoms. The molecule has 0 radical (unpaired) electrons. The van der Waals surface area contributed by atoms with Gasteiger partial charge in [-0.25, -0.2) is 0 Å². The van der Waals surface area contributed by atoms with Gasteiger partial charge >= 0.3 is 0 Å². The highest BCUT2D eigenvalue weighted by atomic mass is 16.2. The van der Waals surface area contributed by atoms with Crippen LogP contribution in [0.15, 0.2) is 54.6 Å². The molecule has 2 aliphatic heterocycles. The molecule has 172 valence electrons. The van der Waals surface area contributed by atoms with E-state index in [2.05, 4.69) is 0 Å². The van der Waals surface area contributed by atoms with Gasteiger partial charge in [-0.3, -0.25) is 24.1 Å². The summed E-state index contributed by atoms with van der Waals surface area (Å²) in [6.45, 7) is 4.62. The quantitative estimate of drug-likeness (QED) is 0.638. The van der Waals surface area contributed by atoms with Crippen LogP contribution < -0.4 is 0 Å². The lowest BCUT2D eigenvalue weighted by Crippen LogP contribution is -2.47. The Labute approximate surface area is 194 Å². The first-order valence-electron chi connectivity index (χ1n) is 11.5. The number of benzene rings is 2. The third kappa shape index (κ3) is 4.47. The largest absolute Gasteiger partial charge is 0.342 e. The van der Waals surface area contributed by atoms with Gasteiger partial charge in [-0.05, 0) is 43.4 Å². The number of hydrogen-bond donors (Lipinski definition) is 0. The minimum absolute atomic E-state index is 0.0285. The van der Waals surface area contributed by atoms with Crippen molar-refractivity contribution in [2.75, 3.05) is 13.1 Å². The van der Waals surface area contributed by atoms with Crippen LogP contribution in [0.3, 0.4) is 0 Å². The highest BCUT2D eigenvalue weighted by Gasteiger charge is 2.54. The monoisotopic (exact) mass is 446 g/mol. The number of imide groups is 1. The van der Waals surface area contributed by atoms with E-state index in [4.69, 9.17) is 0 Å². The number of Topliss-reactive ketones (excluding diaryl/α,β-unsaturated/α-hetero) is 1. The van der Waals surface area contributed by atoms with Crippen LogP contribution in [-0.2, 0) is 31.1 Å². The van der Waals surface area contributed by atoms with Crippen LogP contribution in [0, 0.1) is 12.8 Å². The first-order valence-corrected chi connectivity index (χ1v) is 11.5. The van der Waals surface area contributed by atoms with Crippen LogP contribution in [0.5, 0.6) is 0 Å². The second-order valence-corrected chi connectivity index (χ2v) is 9.31. The number of rotatable bonds is 6. The minimum Gasteiger partial charge on any atom is -0.342 e. The average Bonchev–Trinajstić information content (AvgIpc) is 3.04. The molecule has 0 bridgehead atoms. The number of carbonyl (C=O) groups excluding carboxylic acids is 4. The van der Waals surface area contributed by atoms with Gasteiger partial charge in [-0.1, -0.05) is 54.6 Å². The third-order valence-corrected chi connectivity index (χ3v) is 7.05. The summed E-state index contributed by atoms with van der Waals surface area (Å²) in [5.74, 6) is -0.832. The molecular formula is C27H30N2O4. The maximum Gasteiger partial charge on any atom is 0.241 e. The molecule has 0 saturated carbocycles. The van der Waals surface area contributed by atoms with Gasteiger partial charge < -0.3 is 4.90 Å². The highest BCUT2D eigenvalue weighted by Crippen LogP contribution is 2.42. The second kappa shape index (κ2) is 9.30. The molecule has 2 aromatic rings. The molecule has 6 nitrogen and oxygen atoms in total. The summed E-state index contributed by atoms with van der Waals surface area (Å²) in [5, 5.41) is 0. The number of amides is 3. The molecule has 0 N–H and O–H groups in total. The van der Waals surface area contributed by atoms with E-state index < -0.39 is 5.41 Å². The first kappa shape index (κ1) is 22.9. The summed E-state index contributed by atoms with van der Waals surface area (Å²) in [6, 6.07) is 16.9. The van der Waals surface area contributed by atoms with E-state index in [1.165, 1.54) is 4.90 Å². The van der Waals surface area contributed by atoms with E-state index in [-0.39, 0.29) is 48.8 Å². The van der Waals surface area contributed by atoms with E-state index in [1.807, 2.05) is 61.5 Å². The standard InChI is InChI=1S/C27H30N2O4/c1-19-9-6-7-13-23(19)27(15-24(31)28-14-8-12-22(18-28)20(2)30)16-25(32)29(26(27)33)17-21-10-4-3-5-11-21/h3-7,9-11,13,22H,8,12,14-18H2,1-2H3. The Morgan fingerprint density at radius 2 is 1.73 bits per heavy atom. The Morgan fingerprint density at radius 1 is 1.03 bits per heavy atom. The molecule has 2 fully saturated rings. The van der Waals surface area contributed by atoms with Gasteiger partial charge in [-0.2, -0.15) is 0 Å². The first-order chi connectivity index (χ1) is 15.8. The number of aryl methyl sites for hydroxylation is 1. The fourth-order valence-corrected chi connectivity index (χ4v) is 5.19. The Morgan fingerprint density at radius 3 is 2.42 bits per heavy atom. The Bertz CT molecular complexity index is 1080. The number of hydrogen-bond acceptors (Lipinski definition) is 4. The average molecular weight is 447 g/mol. The summed E-state index contributed by atoms with van der Waals surface area (Å²) >= 11 is 0. The molecule has 2 unspecified atom stereocenters. The fraction of sp³-hybridized carbons (Fsp3) is 0.407. The van der Waals surface area contributed by atoms with E-state index >= 15 is 0 Å². The molecule has 0 spiro atoms. The topological polar surface area (TPSA) is 74.8 Å². The summed E-state index contributed by atoms with van der Waals surface area (Å²) in [5.41, 5.74) is 1.25. The van der Waals surface area contributed by atoms with E-state index in [9.17, 15) is 19.2 Å². The van der Waals surface area contributed by atoms with Crippen molar-refractivity contribution in [3.63, 3.8) is 0 Å². The zero-order valence-electron chi connectivity index (χ0n) is 19.3. The zero-order valence-corrected chi connectivity index (χ0v) is 19.3. The van der Waals surface area contributed by atoms with Crippen molar-refractivity contribution in [2.45, 2.75) is 51.5 Å². The SMILES string of the molecule is CC(=O)C1CCCN(C(=O)CC2(c3ccccc3C)CC(=O)N(Cc3ccccc3)C2=O)C1. The summed E-state index contributed by atoms with van der Waals surface area (Å²) in [4.78, 5) is 55.4. The Kier molecular flexibility index (Phi) is 6.45. The van der Waals surface area contributed by atoms with E-state index in [1.54, 1.807) is 11.8 Å². The number of likely N-dealkylation sites (tertiary alicyclic amines) is 2. The lowest BCUT2D eigenvalue weighted by molar-refractivity contribution is -0.144. The molecule has 0 aromatic heterocycles. The maximum atomic E-state index is 13.9. The van der Waals surface area contributed by atoms with Gasteiger partial charge in [0.25, 0.3) is 0 Å². The molecule has 2 heterocycles. The lowest BCUT2D eigenvalue weighted by atomic mass is 9.73. The maximum absolute atomic E-state index is 13.9. The van der Waals surface area contributed by atoms with Gasteiger partial charge in [-0.15, -0.1) is 0 Å². The number of nitrogens with zero attached hydrogens (tertiary/aromatic N) is 2.